The molecule has 3 nitrogen and oxygen atoms in total. The Hall–Kier alpha value is -1.36. The predicted molar refractivity (Wildman–Crippen MR) is 95.4 cm³/mol. The second-order valence-electron chi connectivity index (χ2n) is 5.72. The van der Waals surface area contributed by atoms with Crippen molar-refractivity contribution < 1.29 is 8.42 Å². The lowest BCUT2D eigenvalue weighted by Gasteiger charge is -2.20. The van der Waals surface area contributed by atoms with E-state index < -0.39 is 10.0 Å². The van der Waals surface area contributed by atoms with Crippen molar-refractivity contribution in [2.75, 3.05) is 13.6 Å². The molecule has 0 N–H and O–H groups in total. The molecule has 0 aliphatic heterocycles. The van der Waals surface area contributed by atoms with E-state index in [0.29, 0.717) is 11.4 Å². The number of aryl methyl sites for hydroxylation is 2. The summed E-state index contributed by atoms with van der Waals surface area (Å²) < 4.78 is 26.4. The van der Waals surface area contributed by atoms with Gasteiger partial charge >= 0.3 is 0 Å². The van der Waals surface area contributed by atoms with Crippen molar-refractivity contribution in [1.82, 2.24) is 4.31 Å². The highest BCUT2D eigenvalue weighted by Gasteiger charge is 2.22. The number of rotatable bonds is 7. The van der Waals surface area contributed by atoms with Crippen LogP contribution in [0, 0.1) is 6.92 Å². The lowest BCUT2D eigenvalue weighted by Crippen LogP contribution is -2.32. The number of benzene rings is 2. The van der Waals surface area contributed by atoms with Crippen molar-refractivity contribution in [3.63, 3.8) is 0 Å². The first-order chi connectivity index (χ1) is 10.9. The molecule has 5 heteroatoms. The van der Waals surface area contributed by atoms with Crippen LogP contribution in [0.25, 0.3) is 0 Å². The van der Waals surface area contributed by atoms with Gasteiger partial charge in [0.25, 0.3) is 0 Å². The highest BCUT2D eigenvalue weighted by Crippen LogP contribution is 2.18. The van der Waals surface area contributed by atoms with Crippen molar-refractivity contribution in [1.29, 1.82) is 0 Å². The summed E-state index contributed by atoms with van der Waals surface area (Å²) in [5, 5.41) is -0.222. The highest BCUT2D eigenvalue weighted by molar-refractivity contribution is 7.89. The molecule has 0 saturated heterocycles. The number of alkyl halides is 1. The van der Waals surface area contributed by atoms with E-state index in [9.17, 15) is 8.42 Å². The molecule has 0 bridgehead atoms. The number of halogens is 1. The second-order valence-corrected chi connectivity index (χ2v) is 8.38. The lowest BCUT2D eigenvalue weighted by atomic mass is 10.1. The summed E-state index contributed by atoms with van der Waals surface area (Å²) >= 11 is 6.34. The minimum atomic E-state index is -3.48. The molecular formula is C18H22ClNO2S. The quantitative estimate of drug-likeness (QED) is 0.710. The van der Waals surface area contributed by atoms with Crippen LogP contribution in [0.4, 0.5) is 0 Å². The van der Waals surface area contributed by atoms with Crippen LogP contribution in [0.15, 0.2) is 59.5 Å². The monoisotopic (exact) mass is 351 g/mol. The maximum atomic E-state index is 12.5. The molecule has 1 unspecified atom stereocenters. The fourth-order valence-electron chi connectivity index (χ4n) is 2.33. The fraction of sp³-hybridized carbons (Fsp3) is 0.333. The Kier molecular flexibility index (Phi) is 6.22. The number of nitrogens with zero attached hydrogens (tertiary/aromatic N) is 1. The summed E-state index contributed by atoms with van der Waals surface area (Å²) in [5.41, 5.74) is 2.24. The highest BCUT2D eigenvalue weighted by atomic mass is 35.5. The molecule has 2 rings (SSSR count). The average Bonchev–Trinajstić information content (AvgIpc) is 2.54. The Morgan fingerprint density at radius 3 is 2.26 bits per heavy atom. The van der Waals surface area contributed by atoms with Gasteiger partial charge in [0.05, 0.1) is 4.90 Å². The summed E-state index contributed by atoms with van der Waals surface area (Å²) in [6, 6.07) is 16.9. The summed E-state index contributed by atoms with van der Waals surface area (Å²) in [7, 11) is -1.91. The van der Waals surface area contributed by atoms with Crippen LogP contribution >= 0.6 is 11.6 Å². The van der Waals surface area contributed by atoms with E-state index in [0.717, 1.165) is 18.4 Å². The van der Waals surface area contributed by atoms with Crippen LogP contribution in [0.5, 0.6) is 0 Å². The number of hydrogen-bond donors (Lipinski definition) is 0. The Bertz CT molecular complexity index is 714. The molecule has 0 aromatic heterocycles. The van der Waals surface area contributed by atoms with E-state index in [2.05, 4.69) is 12.1 Å². The largest absolute Gasteiger partial charge is 0.242 e. The summed E-state index contributed by atoms with van der Waals surface area (Å²) in [5.74, 6) is 0. The molecule has 23 heavy (non-hydrogen) atoms. The van der Waals surface area contributed by atoms with Gasteiger partial charge in [-0.3, -0.25) is 0 Å². The standard InChI is InChI=1S/C18H22ClNO2S/c1-15-8-12-18(13-9-15)23(21,22)20(2)14-17(19)11-10-16-6-4-3-5-7-16/h3-9,12-13,17H,10-11,14H2,1-2H3. The Morgan fingerprint density at radius 2 is 1.65 bits per heavy atom. The topological polar surface area (TPSA) is 37.4 Å². The minimum Gasteiger partial charge on any atom is -0.207 e. The molecule has 0 amide bonds. The summed E-state index contributed by atoms with van der Waals surface area (Å²) in [6.45, 7) is 2.23. The first-order valence-corrected chi connectivity index (χ1v) is 9.48. The lowest BCUT2D eigenvalue weighted by molar-refractivity contribution is 0.458. The molecule has 0 heterocycles. The molecule has 0 saturated carbocycles. The van der Waals surface area contributed by atoms with Gasteiger partial charge in [0, 0.05) is 19.0 Å². The normalized spacial score (nSPS) is 13.2. The Balaban J connectivity index is 1.94. The van der Waals surface area contributed by atoms with Crippen molar-refractivity contribution in [3.8, 4) is 0 Å². The first-order valence-electron chi connectivity index (χ1n) is 7.60. The van der Waals surface area contributed by atoms with Gasteiger partial charge in [-0.2, -0.15) is 4.31 Å². The van der Waals surface area contributed by atoms with Crippen LogP contribution < -0.4 is 0 Å². The van der Waals surface area contributed by atoms with Gasteiger partial charge in [-0.05, 0) is 37.5 Å². The maximum absolute atomic E-state index is 12.5. The van der Waals surface area contributed by atoms with E-state index >= 15 is 0 Å². The van der Waals surface area contributed by atoms with E-state index in [4.69, 9.17) is 11.6 Å². The smallest absolute Gasteiger partial charge is 0.207 e. The maximum Gasteiger partial charge on any atom is 0.242 e. The van der Waals surface area contributed by atoms with Gasteiger partial charge in [0.1, 0.15) is 0 Å². The van der Waals surface area contributed by atoms with Crippen LogP contribution in [0.2, 0.25) is 0 Å². The van der Waals surface area contributed by atoms with Crippen molar-refractivity contribution >= 4 is 21.6 Å². The molecule has 0 fully saturated rings. The van der Waals surface area contributed by atoms with Gasteiger partial charge < -0.3 is 0 Å². The SMILES string of the molecule is Cc1ccc(S(=O)(=O)N(C)CC(Cl)CCc2ccccc2)cc1. The summed E-state index contributed by atoms with van der Waals surface area (Å²) in [6.07, 6.45) is 1.58. The van der Waals surface area contributed by atoms with Crippen molar-refractivity contribution in [2.24, 2.45) is 0 Å². The minimum absolute atomic E-state index is 0.222. The molecular weight excluding hydrogens is 330 g/mol. The average molecular weight is 352 g/mol. The van der Waals surface area contributed by atoms with Crippen molar-refractivity contribution in [3.05, 3.63) is 65.7 Å². The van der Waals surface area contributed by atoms with Gasteiger partial charge in [-0.1, -0.05) is 48.0 Å². The molecule has 2 aromatic rings. The Morgan fingerprint density at radius 1 is 1.04 bits per heavy atom. The third-order valence-corrected chi connectivity index (χ3v) is 5.97. The Labute approximate surface area is 144 Å². The van der Waals surface area contributed by atoms with E-state index in [1.54, 1.807) is 31.3 Å². The zero-order valence-corrected chi connectivity index (χ0v) is 15.0. The third-order valence-electron chi connectivity index (χ3n) is 3.77. The van der Waals surface area contributed by atoms with E-state index in [1.165, 1.54) is 9.87 Å². The fourth-order valence-corrected chi connectivity index (χ4v) is 3.94. The zero-order chi connectivity index (χ0) is 16.9. The molecule has 0 radical (unpaired) electrons. The molecule has 124 valence electrons. The van der Waals surface area contributed by atoms with Gasteiger partial charge in [-0.25, -0.2) is 8.42 Å². The first kappa shape index (κ1) is 18.0. The van der Waals surface area contributed by atoms with E-state index in [-0.39, 0.29) is 5.38 Å². The molecule has 0 spiro atoms. The molecule has 1 atom stereocenters. The van der Waals surface area contributed by atoms with Crippen LogP contribution in [-0.4, -0.2) is 31.7 Å². The zero-order valence-electron chi connectivity index (χ0n) is 13.4. The van der Waals surface area contributed by atoms with Crippen LogP contribution in [0.3, 0.4) is 0 Å². The second kappa shape index (κ2) is 7.95. The van der Waals surface area contributed by atoms with E-state index in [1.807, 2.05) is 25.1 Å². The number of sulfonamides is 1. The van der Waals surface area contributed by atoms with Crippen LogP contribution in [0.1, 0.15) is 17.5 Å². The van der Waals surface area contributed by atoms with Gasteiger partial charge in [-0.15, -0.1) is 11.6 Å². The third kappa shape index (κ3) is 5.06. The molecule has 0 aliphatic carbocycles. The number of hydrogen-bond acceptors (Lipinski definition) is 2. The molecule has 0 aliphatic rings. The predicted octanol–water partition coefficient (Wildman–Crippen LogP) is 3.86. The van der Waals surface area contributed by atoms with Gasteiger partial charge in [0.15, 0.2) is 0 Å². The van der Waals surface area contributed by atoms with Crippen molar-refractivity contribution in [2.45, 2.75) is 30.0 Å². The van der Waals surface area contributed by atoms with Crippen LogP contribution in [-0.2, 0) is 16.4 Å². The molecule has 2 aromatic carbocycles. The summed E-state index contributed by atoms with van der Waals surface area (Å²) in [4.78, 5) is 0.303. The van der Waals surface area contributed by atoms with Gasteiger partial charge in [0.2, 0.25) is 10.0 Å².